The van der Waals surface area contributed by atoms with Crippen LogP contribution in [0.4, 0.5) is 5.69 Å². The van der Waals surface area contributed by atoms with Crippen molar-refractivity contribution in [2.75, 3.05) is 18.5 Å². The largest absolute Gasteiger partial charge is 0.330 e. The van der Waals surface area contributed by atoms with Crippen molar-refractivity contribution in [1.29, 1.82) is 0 Å². The van der Waals surface area contributed by atoms with Gasteiger partial charge in [-0.3, -0.25) is 9.59 Å². The standard InChI is InChI=1S/C20H18Cl2N2O2/c1-23(19(25)11-8-14-6-9-15(21)10-7-14)18-12-13-24(20(18)26)17-5-3-2-4-16(17)22/h2-11,18H,12-13H2,1H3/b11-8+. The van der Waals surface area contributed by atoms with Crippen LogP contribution in [-0.4, -0.2) is 36.3 Å². The maximum Gasteiger partial charge on any atom is 0.249 e. The number of carbonyl (C=O) groups is 2. The molecule has 0 aliphatic carbocycles. The predicted molar refractivity (Wildman–Crippen MR) is 105 cm³/mol. The lowest BCUT2D eigenvalue weighted by Crippen LogP contribution is -2.42. The van der Waals surface area contributed by atoms with Crippen LogP contribution < -0.4 is 4.90 Å². The summed E-state index contributed by atoms with van der Waals surface area (Å²) in [5.41, 5.74) is 1.55. The molecule has 0 saturated carbocycles. The van der Waals surface area contributed by atoms with Gasteiger partial charge in [0, 0.05) is 24.7 Å². The van der Waals surface area contributed by atoms with Gasteiger partial charge in [0.1, 0.15) is 6.04 Å². The highest BCUT2D eigenvalue weighted by molar-refractivity contribution is 6.34. The van der Waals surface area contributed by atoms with E-state index in [2.05, 4.69) is 0 Å². The predicted octanol–water partition coefficient (Wildman–Crippen LogP) is 4.27. The maximum atomic E-state index is 12.8. The first-order chi connectivity index (χ1) is 12.5. The first-order valence-corrected chi connectivity index (χ1v) is 8.99. The van der Waals surface area contributed by atoms with Crippen LogP contribution in [0, 0.1) is 0 Å². The average molecular weight is 389 g/mol. The zero-order valence-electron chi connectivity index (χ0n) is 14.2. The van der Waals surface area contributed by atoms with E-state index in [0.717, 1.165) is 5.56 Å². The van der Waals surface area contributed by atoms with E-state index in [4.69, 9.17) is 23.2 Å². The quantitative estimate of drug-likeness (QED) is 0.733. The molecule has 134 valence electrons. The summed E-state index contributed by atoms with van der Waals surface area (Å²) in [6.07, 6.45) is 3.75. The molecular weight excluding hydrogens is 371 g/mol. The summed E-state index contributed by atoms with van der Waals surface area (Å²) in [4.78, 5) is 28.3. The molecule has 6 heteroatoms. The first-order valence-electron chi connectivity index (χ1n) is 8.23. The van der Waals surface area contributed by atoms with Gasteiger partial charge >= 0.3 is 0 Å². The van der Waals surface area contributed by atoms with Gasteiger partial charge in [-0.15, -0.1) is 0 Å². The van der Waals surface area contributed by atoms with Crippen molar-refractivity contribution in [3.8, 4) is 0 Å². The highest BCUT2D eigenvalue weighted by Gasteiger charge is 2.37. The third kappa shape index (κ3) is 3.92. The van der Waals surface area contributed by atoms with E-state index in [1.165, 1.54) is 11.0 Å². The summed E-state index contributed by atoms with van der Waals surface area (Å²) in [6, 6.07) is 13.9. The molecule has 1 unspecified atom stereocenters. The summed E-state index contributed by atoms with van der Waals surface area (Å²) in [6.45, 7) is 0.533. The number of para-hydroxylation sites is 1. The van der Waals surface area contributed by atoms with Crippen LogP contribution in [0.5, 0.6) is 0 Å². The lowest BCUT2D eigenvalue weighted by Gasteiger charge is -2.23. The lowest BCUT2D eigenvalue weighted by molar-refractivity contribution is -0.132. The van der Waals surface area contributed by atoms with Crippen molar-refractivity contribution in [2.24, 2.45) is 0 Å². The van der Waals surface area contributed by atoms with Gasteiger partial charge in [0.25, 0.3) is 0 Å². The first kappa shape index (κ1) is 18.5. The Kier molecular flexibility index (Phi) is 5.64. The summed E-state index contributed by atoms with van der Waals surface area (Å²) in [5, 5.41) is 1.17. The summed E-state index contributed by atoms with van der Waals surface area (Å²) < 4.78 is 0. The Morgan fingerprint density at radius 2 is 1.85 bits per heavy atom. The van der Waals surface area contributed by atoms with E-state index in [1.54, 1.807) is 36.2 Å². The van der Waals surface area contributed by atoms with Crippen molar-refractivity contribution in [3.63, 3.8) is 0 Å². The van der Waals surface area contributed by atoms with Crippen molar-refractivity contribution in [3.05, 3.63) is 70.2 Å². The Morgan fingerprint density at radius 3 is 2.54 bits per heavy atom. The van der Waals surface area contributed by atoms with Crippen LogP contribution in [0.15, 0.2) is 54.6 Å². The van der Waals surface area contributed by atoms with Crippen molar-refractivity contribution < 1.29 is 9.59 Å². The second-order valence-corrected chi connectivity index (χ2v) is 6.92. The SMILES string of the molecule is CN(C(=O)/C=C/c1ccc(Cl)cc1)C1CCN(c2ccccc2Cl)C1=O. The van der Waals surface area contributed by atoms with Crippen molar-refractivity contribution in [2.45, 2.75) is 12.5 Å². The number of carbonyl (C=O) groups excluding carboxylic acids is 2. The minimum absolute atomic E-state index is 0.117. The fraction of sp³-hybridized carbons (Fsp3) is 0.200. The number of amides is 2. The molecule has 1 fully saturated rings. The Labute approximate surface area is 162 Å². The van der Waals surface area contributed by atoms with Gasteiger partial charge in [-0.05, 0) is 42.3 Å². The molecule has 2 aromatic carbocycles. The Morgan fingerprint density at radius 1 is 1.15 bits per heavy atom. The molecule has 1 aliphatic heterocycles. The van der Waals surface area contributed by atoms with Crippen molar-refractivity contribution >= 4 is 46.8 Å². The smallest absolute Gasteiger partial charge is 0.249 e. The number of nitrogens with zero attached hydrogens (tertiary/aromatic N) is 2. The maximum absolute atomic E-state index is 12.8. The highest BCUT2D eigenvalue weighted by Crippen LogP contribution is 2.30. The van der Waals surface area contributed by atoms with Gasteiger partial charge in [-0.25, -0.2) is 0 Å². The van der Waals surface area contributed by atoms with Crippen LogP contribution in [-0.2, 0) is 9.59 Å². The van der Waals surface area contributed by atoms with Gasteiger partial charge in [0.05, 0.1) is 10.7 Å². The number of hydrogen-bond acceptors (Lipinski definition) is 2. The zero-order valence-corrected chi connectivity index (χ0v) is 15.7. The van der Waals surface area contributed by atoms with Gasteiger partial charge < -0.3 is 9.80 Å². The molecule has 0 N–H and O–H groups in total. The third-order valence-electron chi connectivity index (χ3n) is 4.42. The molecule has 0 aromatic heterocycles. The normalized spacial score (nSPS) is 17.1. The van der Waals surface area contributed by atoms with Crippen LogP contribution in [0.3, 0.4) is 0 Å². The molecular formula is C20H18Cl2N2O2. The number of rotatable bonds is 4. The number of halogens is 2. The molecule has 2 aromatic rings. The Bertz CT molecular complexity index is 849. The summed E-state index contributed by atoms with van der Waals surface area (Å²) >= 11 is 12.0. The van der Waals surface area contributed by atoms with Gasteiger partial charge in [0.15, 0.2) is 0 Å². The fourth-order valence-electron chi connectivity index (χ4n) is 2.95. The second kappa shape index (κ2) is 7.94. The lowest BCUT2D eigenvalue weighted by atomic mass is 10.2. The van der Waals surface area contributed by atoms with Gasteiger partial charge in [-0.1, -0.05) is 47.5 Å². The molecule has 2 amide bonds. The minimum Gasteiger partial charge on any atom is -0.330 e. The van der Waals surface area contributed by atoms with E-state index in [1.807, 2.05) is 30.3 Å². The Hall–Kier alpha value is -2.30. The van der Waals surface area contributed by atoms with E-state index in [-0.39, 0.29) is 11.8 Å². The van der Waals surface area contributed by atoms with Crippen LogP contribution in [0.1, 0.15) is 12.0 Å². The molecule has 0 bridgehead atoms. The Balaban J connectivity index is 1.69. The number of benzene rings is 2. The van der Waals surface area contributed by atoms with E-state index in [0.29, 0.717) is 28.7 Å². The minimum atomic E-state index is -0.492. The fourth-order valence-corrected chi connectivity index (χ4v) is 3.31. The van der Waals surface area contributed by atoms with Crippen LogP contribution in [0.2, 0.25) is 10.0 Å². The molecule has 0 radical (unpaired) electrons. The van der Waals surface area contributed by atoms with Crippen LogP contribution in [0.25, 0.3) is 6.08 Å². The van der Waals surface area contributed by atoms with Gasteiger partial charge in [0.2, 0.25) is 11.8 Å². The van der Waals surface area contributed by atoms with E-state index < -0.39 is 6.04 Å². The molecule has 3 rings (SSSR count). The average Bonchev–Trinajstić information content (AvgIpc) is 3.02. The summed E-state index contributed by atoms with van der Waals surface area (Å²) in [5.74, 6) is -0.340. The molecule has 26 heavy (non-hydrogen) atoms. The monoisotopic (exact) mass is 388 g/mol. The zero-order chi connectivity index (χ0) is 18.7. The molecule has 1 heterocycles. The summed E-state index contributed by atoms with van der Waals surface area (Å²) in [7, 11) is 1.65. The second-order valence-electron chi connectivity index (χ2n) is 6.08. The van der Waals surface area contributed by atoms with Crippen LogP contribution >= 0.6 is 23.2 Å². The highest BCUT2D eigenvalue weighted by atomic mass is 35.5. The number of likely N-dealkylation sites (N-methyl/N-ethyl adjacent to an activating group) is 1. The van der Waals surface area contributed by atoms with E-state index >= 15 is 0 Å². The molecule has 1 atom stereocenters. The molecule has 1 aliphatic rings. The van der Waals surface area contributed by atoms with Gasteiger partial charge in [-0.2, -0.15) is 0 Å². The van der Waals surface area contributed by atoms with Crippen molar-refractivity contribution in [1.82, 2.24) is 4.90 Å². The molecule has 0 spiro atoms. The number of hydrogen-bond donors (Lipinski definition) is 0. The third-order valence-corrected chi connectivity index (χ3v) is 5.00. The molecule has 1 saturated heterocycles. The number of anilines is 1. The van der Waals surface area contributed by atoms with E-state index in [9.17, 15) is 9.59 Å². The molecule has 4 nitrogen and oxygen atoms in total. The topological polar surface area (TPSA) is 40.6 Å².